The van der Waals surface area contributed by atoms with Crippen LogP contribution in [0.4, 0.5) is 5.69 Å². The molecule has 0 aliphatic carbocycles. The van der Waals surface area contributed by atoms with Crippen LogP contribution in [0.1, 0.15) is 20.8 Å². The number of fused-ring (bicyclic) bond motifs is 1. The van der Waals surface area contributed by atoms with Gasteiger partial charge in [-0.2, -0.15) is 0 Å². The van der Waals surface area contributed by atoms with E-state index in [-0.39, 0.29) is 11.0 Å². The molecule has 90 valence electrons. The van der Waals surface area contributed by atoms with E-state index >= 15 is 0 Å². The van der Waals surface area contributed by atoms with Crippen molar-refractivity contribution in [1.82, 2.24) is 4.98 Å². The molecule has 2 rings (SSSR count). The van der Waals surface area contributed by atoms with Crippen molar-refractivity contribution in [2.24, 2.45) is 5.41 Å². The van der Waals surface area contributed by atoms with Gasteiger partial charge in [0.1, 0.15) is 0 Å². The smallest absolute Gasteiger partial charge is 0.250 e. The highest BCUT2D eigenvalue weighted by atomic mass is 16.1. The lowest BCUT2D eigenvalue weighted by molar-refractivity contribution is 0.443. The van der Waals surface area contributed by atoms with E-state index in [2.05, 4.69) is 31.1 Å². The van der Waals surface area contributed by atoms with Gasteiger partial charge in [0.15, 0.2) is 0 Å². The highest BCUT2D eigenvalue weighted by molar-refractivity contribution is 5.90. The number of aromatic amines is 1. The molecule has 17 heavy (non-hydrogen) atoms. The average Bonchev–Trinajstić information content (AvgIpc) is 2.24. The van der Waals surface area contributed by atoms with E-state index in [1.54, 1.807) is 6.07 Å². The number of pyridine rings is 1. The quantitative estimate of drug-likeness (QED) is 0.833. The van der Waals surface area contributed by atoms with Gasteiger partial charge >= 0.3 is 0 Å². The average molecular weight is 230 g/mol. The number of anilines is 1. The molecule has 0 aliphatic heterocycles. The van der Waals surface area contributed by atoms with E-state index in [0.29, 0.717) is 0 Å². The van der Waals surface area contributed by atoms with Crippen LogP contribution in [-0.4, -0.2) is 11.5 Å². The van der Waals surface area contributed by atoms with Gasteiger partial charge in [-0.3, -0.25) is 4.79 Å². The fourth-order valence-electron chi connectivity index (χ4n) is 1.71. The van der Waals surface area contributed by atoms with Crippen LogP contribution in [0.2, 0.25) is 0 Å². The molecule has 3 heteroatoms. The minimum atomic E-state index is -0.0693. The summed E-state index contributed by atoms with van der Waals surface area (Å²) in [6, 6.07) is 9.44. The van der Waals surface area contributed by atoms with Gasteiger partial charge in [-0.15, -0.1) is 0 Å². The number of rotatable bonds is 2. The molecule has 1 heterocycles. The molecule has 0 amide bonds. The Morgan fingerprint density at radius 3 is 2.65 bits per heavy atom. The minimum Gasteiger partial charge on any atom is -0.384 e. The number of hydrogen-bond acceptors (Lipinski definition) is 2. The van der Waals surface area contributed by atoms with Crippen LogP contribution in [0.5, 0.6) is 0 Å². The SMILES string of the molecule is CC(C)(C)CNc1cc(=O)[nH]c2ccccc12. The normalized spacial score (nSPS) is 11.7. The maximum Gasteiger partial charge on any atom is 0.250 e. The third-order valence-electron chi connectivity index (χ3n) is 2.56. The number of benzene rings is 1. The van der Waals surface area contributed by atoms with Gasteiger partial charge < -0.3 is 10.3 Å². The van der Waals surface area contributed by atoms with Crippen LogP contribution in [0.3, 0.4) is 0 Å². The first-order chi connectivity index (χ1) is 7.96. The number of H-pyrrole nitrogens is 1. The molecule has 3 nitrogen and oxygen atoms in total. The predicted octanol–water partition coefficient (Wildman–Crippen LogP) is 2.99. The lowest BCUT2D eigenvalue weighted by Gasteiger charge is -2.20. The zero-order valence-corrected chi connectivity index (χ0v) is 10.5. The van der Waals surface area contributed by atoms with Gasteiger partial charge in [-0.05, 0) is 11.5 Å². The van der Waals surface area contributed by atoms with Crippen molar-refractivity contribution in [2.75, 3.05) is 11.9 Å². The Bertz CT molecular complexity index is 579. The highest BCUT2D eigenvalue weighted by Gasteiger charge is 2.10. The van der Waals surface area contributed by atoms with Crippen LogP contribution in [0.25, 0.3) is 10.9 Å². The minimum absolute atomic E-state index is 0.0693. The van der Waals surface area contributed by atoms with Gasteiger partial charge in [0.05, 0.1) is 5.52 Å². The summed E-state index contributed by atoms with van der Waals surface area (Å²) in [5.74, 6) is 0. The first kappa shape index (κ1) is 11.7. The highest BCUT2D eigenvalue weighted by Crippen LogP contribution is 2.21. The summed E-state index contributed by atoms with van der Waals surface area (Å²) in [7, 11) is 0. The molecule has 1 aromatic heterocycles. The molecule has 0 saturated carbocycles. The van der Waals surface area contributed by atoms with Gasteiger partial charge in [-0.25, -0.2) is 0 Å². The topological polar surface area (TPSA) is 44.9 Å². The van der Waals surface area contributed by atoms with Gasteiger partial charge in [-0.1, -0.05) is 39.0 Å². The van der Waals surface area contributed by atoms with Crippen molar-refractivity contribution >= 4 is 16.6 Å². The zero-order chi connectivity index (χ0) is 12.5. The largest absolute Gasteiger partial charge is 0.384 e. The molecule has 0 fully saturated rings. The maximum atomic E-state index is 11.5. The van der Waals surface area contributed by atoms with E-state index in [1.165, 1.54) is 0 Å². The van der Waals surface area contributed by atoms with E-state index in [1.807, 2.05) is 24.3 Å². The van der Waals surface area contributed by atoms with Crippen LogP contribution < -0.4 is 10.9 Å². The Labute approximate surface area is 101 Å². The Hall–Kier alpha value is -1.77. The summed E-state index contributed by atoms with van der Waals surface area (Å²) in [5, 5.41) is 4.40. The second kappa shape index (κ2) is 4.24. The van der Waals surface area contributed by atoms with Crippen LogP contribution in [-0.2, 0) is 0 Å². The molecular weight excluding hydrogens is 212 g/mol. The third-order valence-corrected chi connectivity index (χ3v) is 2.56. The lowest BCUT2D eigenvalue weighted by Crippen LogP contribution is -2.20. The number of hydrogen-bond donors (Lipinski definition) is 2. The fraction of sp³-hybridized carbons (Fsp3) is 0.357. The van der Waals surface area contributed by atoms with E-state index in [0.717, 1.165) is 23.1 Å². The molecule has 0 aliphatic rings. The fourth-order valence-corrected chi connectivity index (χ4v) is 1.71. The molecule has 0 saturated heterocycles. The second-order valence-corrected chi connectivity index (χ2v) is 5.51. The van der Waals surface area contributed by atoms with Gasteiger partial charge in [0.2, 0.25) is 5.56 Å². The van der Waals surface area contributed by atoms with Crippen LogP contribution in [0, 0.1) is 5.41 Å². The van der Waals surface area contributed by atoms with Crippen molar-refractivity contribution in [1.29, 1.82) is 0 Å². The van der Waals surface area contributed by atoms with Crippen molar-refractivity contribution in [2.45, 2.75) is 20.8 Å². The molecule has 0 unspecified atom stereocenters. The maximum absolute atomic E-state index is 11.5. The summed E-state index contributed by atoms with van der Waals surface area (Å²) in [5.41, 5.74) is 1.89. The molecule has 0 spiro atoms. The first-order valence-corrected chi connectivity index (χ1v) is 5.82. The molecule has 2 N–H and O–H groups in total. The van der Waals surface area contributed by atoms with E-state index in [9.17, 15) is 4.79 Å². The molecule has 1 aromatic carbocycles. The Morgan fingerprint density at radius 1 is 1.24 bits per heavy atom. The Morgan fingerprint density at radius 2 is 1.94 bits per heavy atom. The Kier molecular flexibility index (Phi) is 2.92. The van der Waals surface area contributed by atoms with Crippen molar-refractivity contribution in [3.8, 4) is 0 Å². The van der Waals surface area contributed by atoms with Crippen molar-refractivity contribution in [3.05, 3.63) is 40.7 Å². The lowest BCUT2D eigenvalue weighted by atomic mass is 9.97. The number of nitrogens with one attached hydrogen (secondary N) is 2. The van der Waals surface area contributed by atoms with E-state index < -0.39 is 0 Å². The summed E-state index contributed by atoms with van der Waals surface area (Å²) in [6.07, 6.45) is 0. The van der Waals surface area contributed by atoms with Gasteiger partial charge in [0.25, 0.3) is 0 Å². The summed E-state index contributed by atoms with van der Waals surface area (Å²) in [6.45, 7) is 7.32. The molecule has 0 bridgehead atoms. The molecule has 0 atom stereocenters. The molecule has 0 radical (unpaired) electrons. The van der Waals surface area contributed by atoms with Crippen LogP contribution >= 0.6 is 0 Å². The molecular formula is C14H18N2O. The van der Waals surface area contributed by atoms with Crippen molar-refractivity contribution in [3.63, 3.8) is 0 Å². The Balaban J connectivity index is 2.42. The number of aromatic nitrogens is 1. The first-order valence-electron chi connectivity index (χ1n) is 5.82. The summed E-state index contributed by atoms with van der Waals surface area (Å²) in [4.78, 5) is 14.4. The van der Waals surface area contributed by atoms with E-state index in [4.69, 9.17) is 0 Å². The standard InChI is InChI=1S/C14H18N2O/c1-14(2,3)9-15-12-8-13(17)16-11-7-5-4-6-10(11)12/h4-8H,9H2,1-3H3,(H2,15,16,17). The summed E-state index contributed by atoms with van der Waals surface area (Å²) < 4.78 is 0. The number of para-hydroxylation sites is 1. The third kappa shape index (κ3) is 2.87. The second-order valence-electron chi connectivity index (χ2n) is 5.51. The zero-order valence-electron chi connectivity index (χ0n) is 10.5. The van der Waals surface area contributed by atoms with Crippen LogP contribution in [0.15, 0.2) is 35.1 Å². The molecule has 2 aromatic rings. The van der Waals surface area contributed by atoms with Gasteiger partial charge in [0, 0.05) is 23.7 Å². The monoisotopic (exact) mass is 230 g/mol. The predicted molar refractivity (Wildman–Crippen MR) is 72.5 cm³/mol. The summed E-state index contributed by atoms with van der Waals surface area (Å²) >= 11 is 0. The van der Waals surface area contributed by atoms with Crippen molar-refractivity contribution < 1.29 is 0 Å².